The predicted molar refractivity (Wildman–Crippen MR) is 80.0 cm³/mol. The van der Waals surface area contributed by atoms with E-state index in [0.29, 0.717) is 5.92 Å². The zero-order valence-corrected chi connectivity index (χ0v) is 12.7. The minimum atomic E-state index is -0.775. The number of aliphatic carboxylic acids is 1. The van der Waals surface area contributed by atoms with Crippen molar-refractivity contribution in [3.63, 3.8) is 0 Å². The molecule has 1 aromatic carbocycles. The average molecular weight is 263 g/mol. The van der Waals surface area contributed by atoms with E-state index in [1.54, 1.807) is 0 Å². The van der Waals surface area contributed by atoms with Crippen LogP contribution in [0, 0.1) is 26.7 Å². The summed E-state index contributed by atoms with van der Waals surface area (Å²) in [4.78, 5) is 13.1. The molecule has 0 saturated heterocycles. The number of benzene rings is 1. The van der Waals surface area contributed by atoms with E-state index in [0.717, 1.165) is 29.8 Å². The van der Waals surface area contributed by atoms with E-state index in [1.165, 1.54) is 5.56 Å². The molecule has 0 heterocycles. The number of anilines is 1. The van der Waals surface area contributed by atoms with Crippen molar-refractivity contribution < 1.29 is 9.90 Å². The first-order valence-electron chi connectivity index (χ1n) is 6.85. The molecule has 0 aromatic heterocycles. The lowest BCUT2D eigenvalue weighted by molar-refractivity contribution is -0.135. The maximum absolute atomic E-state index is 11.1. The van der Waals surface area contributed by atoms with Gasteiger partial charge in [-0.05, 0) is 44.2 Å². The number of carboxylic acid groups (broad SMARTS) is 1. The van der Waals surface area contributed by atoms with E-state index < -0.39 is 5.97 Å². The number of hydrogen-bond donors (Lipinski definition) is 1. The van der Waals surface area contributed by atoms with Gasteiger partial charge in [-0.1, -0.05) is 31.5 Å². The zero-order valence-electron chi connectivity index (χ0n) is 12.7. The molecule has 0 unspecified atom stereocenters. The van der Waals surface area contributed by atoms with Gasteiger partial charge >= 0.3 is 5.97 Å². The molecule has 3 nitrogen and oxygen atoms in total. The van der Waals surface area contributed by atoms with Crippen LogP contribution < -0.4 is 4.90 Å². The number of carboxylic acids is 1. The standard InChI is InChI=1S/C16H25NO2/c1-11(2)6-7-17(10-15(18)19)16-13(4)8-12(3)9-14(16)5/h8-9,11H,6-7,10H2,1-5H3,(H,18,19). The number of aryl methyl sites for hydroxylation is 3. The van der Waals surface area contributed by atoms with Crippen LogP contribution in [-0.2, 0) is 4.79 Å². The van der Waals surface area contributed by atoms with Crippen LogP contribution in [0.15, 0.2) is 12.1 Å². The normalized spacial score (nSPS) is 10.8. The Hall–Kier alpha value is -1.51. The van der Waals surface area contributed by atoms with Crippen molar-refractivity contribution in [1.82, 2.24) is 0 Å². The van der Waals surface area contributed by atoms with Crippen LogP contribution in [0.5, 0.6) is 0 Å². The van der Waals surface area contributed by atoms with Gasteiger partial charge in [0.2, 0.25) is 0 Å². The molecular weight excluding hydrogens is 238 g/mol. The van der Waals surface area contributed by atoms with Gasteiger partial charge in [0, 0.05) is 12.2 Å². The lowest BCUT2D eigenvalue weighted by Gasteiger charge is -2.27. The van der Waals surface area contributed by atoms with Gasteiger partial charge in [-0.25, -0.2) is 0 Å². The van der Waals surface area contributed by atoms with Crippen molar-refractivity contribution in [2.24, 2.45) is 5.92 Å². The molecule has 19 heavy (non-hydrogen) atoms. The molecule has 0 amide bonds. The van der Waals surface area contributed by atoms with Crippen LogP contribution in [0.25, 0.3) is 0 Å². The number of rotatable bonds is 6. The van der Waals surface area contributed by atoms with Crippen molar-refractivity contribution in [1.29, 1.82) is 0 Å². The second kappa shape index (κ2) is 6.60. The SMILES string of the molecule is Cc1cc(C)c(N(CCC(C)C)CC(=O)O)c(C)c1. The average Bonchev–Trinajstić information content (AvgIpc) is 2.23. The molecule has 1 aromatic rings. The lowest BCUT2D eigenvalue weighted by Crippen LogP contribution is -2.32. The summed E-state index contributed by atoms with van der Waals surface area (Å²) in [6.45, 7) is 11.4. The summed E-state index contributed by atoms with van der Waals surface area (Å²) in [7, 11) is 0. The highest BCUT2D eigenvalue weighted by atomic mass is 16.4. The summed E-state index contributed by atoms with van der Waals surface area (Å²) >= 11 is 0. The Morgan fingerprint density at radius 1 is 1.21 bits per heavy atom. The monoisotopic (exact) mass is 263 g/mol. The van der Waals surface area contributed by atoms with Gasteiger partial charge in [0.1, 0.15) is 6.54 Å². The van der Waals surface area contributed by atoms with E-state index in [-0.39, 0.29) is 6.54 Å². The number of hydrogen-bond acceptors (Lipinski definition) is 2. The highest BCUT2D eigenvalue weighted by molar-refractivity contribution is 5.75. The Kier molecular flexibility index (Phi) is 5.40. The van der Waals surface area contributed by atoms with E-state index in [4.69, 9.17) is 5.11 Å². The molecule has 106 valence electrons. The van der Waals surface area contributed by atoms with Gasteiger partial charge in [-0.15, -0.1) is 0 Å². The largest absolute Gasteiger partial charge is 0.480 e. The molecule has 0 saturated carbocycles. The summed E-state index contributed by atoms with van der Waals surface area (Å²) in [6.07, 6.45) is 1.00. The summed E-state index contributed by atoms with van der Waals surface area (Å²) in [5, 5.41) is 9.11. The van der Waals surface area contributed by atoms with Crippen molar-refractivity contribution in [2.75, 3.05) is 18.0 Å². The van der Waals surface area contributed by atoms with Crippen molar-refractivity contribution >= 4 is 11.7 Å². The quantitative estimate of drug-likeness (QED) is 0.853. The Bertz CT molecular complexity index is 429. The fourth-order valence-corrected chi connectivity index (χ4v) is 2.52. The van der Waals surface area contributed by atoms with Crippen molar-refractivity contribution in [2.45, 2.75) is 41.0 Å². The Balaban J connectivity index is 3.06. The van der Waals surface area contributed by atoms with Crippen LogP contribution in [0.2, 0.25) is 0 Å². The Morgan fingerprint density at radius 3 is 2.16 bits per heavy atom. The summed E-state index contributed by atoms with van der Waals surface area (Å²) in [6, 6.07) is 4.24. The Labute approximate surface area is 116 Å². The third kappa shape index (κ3) is 4.58. The molecule has 0 spiro atoms. The molecule has 3 heteroatoms. The van der Waals surface area contributed by atoms with E-state index >= 15 is 0 Å². The first-order chi connectivity index (χ1) is 8.81. The molecule has 0 aliphatic heterocycles. The number of nitrogens with zero attached hydrogens (tertiary/aromatic N) is 1. The minimum absolute atomic E-state index is 0.0669. The second-order valence-electron chi connectivity index (χ2n) is 5.75. The topological polar surface area (TPSA) is 40.5 Å². The molecular formula is C16H25NO2. The van der Waals surface area contributed by atoms with Gasteiger partial charge in [0.05, 0.1) is 0 Å². The molecule has 0 bridgehead atoms. The van der Waals surface area contributed by atoms with Gasteiger partial charge in [-0.3, -0.25) is 4.79 Å². The molecule has 0 aliphatic carbocycles. The Morgan fingerprint density at radius 2 is 1.74 bits per heavy atom. The van der Waals surface area contributed by atoms with Gasteiger partial charge in [0.25, 0.3) is 0 Å². The van der Waals surface area contributed by atoms with Crippen LogP contribution in [0.3, 0.4) is 0 Å². The van der Waals surface area contributed by atoms with Crippen LogP contribution in [0.4, 0.5) is 5.69 Å². The second-order valence-corrected chi connectivity index (χ2v) is 5.75. The minimum Gasteiger partial charge on any atom is -0.480 e. The van der Waals surface area contributed by atoms with Crippen LogP contribution >= 0.6 is 0 Å². The fourth-order valence-electron chi connectivity index (χ4n) is 2.52. The highest BCUT2D eigenvalue weighted by Gasteiger charge is 2.15. The van der Waals surface area contributed by atoms with Crippen molar-refractivity contribution in [3.8, 4) is 0 Å². The molecule has 0 fully saturated rings. The third-order valence-corrected chi connectivity index (χ3v) is 3.25. The summed E-state index contributed by atoms with van der Waals surface area (Å²) in [5.74, 6) is -0.203. The van der Waals surface area contributed by atoms with Crippen LogP contribution in [0.1, 0.15) is 37.0 Å². The van der Waals surface area contributed by atoms with Gasteiger partial charge < -0.3 is 10.0 Å². The molecule has 0 radical (unpaired) electrons. The smallest absolute Gasteiger partial charge is 0.323 e. The predicted octanol–water partition coefficient (Wildman–Crippen LogP) is 3.55. The maximum Gasteiger partial charge on any atom is 0.323 e. The molecule has 0 aliphatic rings. The molecule has 1 rings (SSSR count). The van der Waals surface area contributed by atoms with E-state index in [2.05, 4.69) is 46.8 Å². The van der Waals surface area contributed by atoms with Crippen molar-refractivity contribution in [3.05, 3.63) is 28.8 Å². The summed E-state index contributed by atoms with van der Waals surface area (Å²) < 4.78 is 0. The van der Waals surface area contributed by atoms with Crippen LogP contribution in [-0.4, -0.2) is 24.2 Å². The zero-order chi connectivity index (χ0) is 14.6. The van der Waals surface area contributed by atoms with E-state index in [9.17, 15) is 4.79 Å². The first-order valence-corrected chi connectivity index (χ1v) is 6.85. The number of carbonyl (C=O) groups is 1. The van der Waals surface area contributed by atoms with Gasteiger partial charge in [-0.2, -0.15) is 0 Å². The summed E-state index contributed by atoms with van der Waals surface area (Å²) in [5.41, 5.74) is 4.61. The van der Waals surface area contributed by atoms with Gasteiger partial charge in [0.15, 0.2) is 0 Å². The fraction of sp³-hybridized carbons (Fsp3) is 0.562. The molecule has 1 N–H and O–H groups in total. The lowest BCUT2D eigenvalue weighted by atomic mass is 10.0. The maximum atomic E-state index is 11.1. The first kappa shape index (κ1) is 15.5. The molecule has 0 atom stereocenters. The highest BCUT2D eigenvalue weighted by Crippen LogP contribution is 2.26. The van der Waals surface area contributed by atoms with E-state index in [1.807, 2.05) is 4.90 Å². The third-order valence-electron chi connectivity index (χ3n) is 3.25.